The molecule has 15 fully saturated rings. The summed E-state index contributed by atoms with van der Waals surface area (Å²) in [6, 6.07) is 51.7. The number of fused-ring (bicyclic) bond motifs is 13. The molecule has 414 valence electrons. The first-order valence-electron chi connectivity index (χ1n) is 31.6. The lowest BCUT2D eigenvalue weighted by molar-refractivity contribution is -0.614. The van der Waals surface area contributed by atoms with Crippen LogP contribution in [0.5, 0.6) is 0 Å². The third-order valence-electron chi connectivity index (χ3n) is 25.5. The molecule has 0 amide bonds. The van der Waals surface area contributed by atoms with Crippen molar-refractivity contribution in [2.45, 2.75) is 130 Å². The molecule has 12 aliphatic carbocycles. The molecule has 0 radical (unpaired) electrons. The van der Waals surface area contributed by atoms with Crippen molar-refractivity contribution >= 4 is 34.1 Å². The molecule has 3 saturated heterocycles. The van der Waals surface area contributed by atoms with E-state index < -0.39 is 16.8 Å². The average molecular weight is 1080 g/mol. The zero-order chi connectivity index (χ0) is 53.4. The first-order valence-corrected chi connectivity index (χ1v) is 31.6. The number of hydrogen-bond donors (Lipinski definition) is 0. The molecule has 12 saturated carbocycles. The monoisotopic (exact) mass is 1080 g/mol. The zero-order valence-corrected chi connectivity index (χ0v) is 47.2. The van der Waals surface area contributed by atoms with Crippen LogP contribution in [0.1, 0.15) is 130 Å². The highest BCUT2D eigenvalue weighted by molar-refractivity contribution is 5.85. The van der Waals surface area contributed by atoms with E-state index >= 15 is 0 Å². The summed E-state index contributed by atoms with van der Waals surface area (Å²) in [4.78, 5) is 44.7. The number of para-hydroxylation sites is 6. The molecular formula is C72H75N3O6. The molecule has 6 spiro atoms. The molecule has 6 aromatic rings. The molecule has 18 aliphatic rings. The first kappa shape index (κ1) is 47.9. The smallest absolute Gasteiger partial charge is 0.198 e. The molecule has 12 bridgehead atoms. The van der Waals surface area contributed by atoms with Gasteiger partial charge in [-0.3, -0.25) is 0 Å². The summed E-state index contributed by atoms with van der Waals surface area (Å²) < 4.78 is 0. The van der Waals surface area contributed by atoms with Crippen LogP contribution in [0, 0.1) is 71.0 Å². The van der Waals surface area contributed by atoms with Crippen molar-refractivity contribution in [3.8, 4) is 0 Å². The van der Waals surface area contributed by atoms with Gasteiger partial charge in [0.1, 0.15) is 16.8 Å². The molecule has 6 aliphatic heterocycles. The van der Waals surface area contributed by atoms with E-state index in [1.807, 2.05) is 0 Å². The van der Waals surface area contributed by atoms with Gasteiger partial charge in [0.05, 0.1) is 0 Å². The van der Waals surface area contributed by atoms with Gasteiger partial charge >= 0.3 is 0 Å². The average Bonchev–Trinajstić information content (AvgIpc) is 1.17. The Morgan fingerprint density at radius 2 is 0.444 bits per heavy atom. The fraction of sp³-hybridized carbons (Fsp3) is 0.500. The minimum absolute atomic E-state index is 0.170. The normalized spacial score (nSPS) is 39.4. The van der Waals surface area contributed by atoms with Crippen molar-refractivity contribution in [2.75, 3.05) is 35.8 Å². The van der Waals surface area contributed by atoms with Gasteiger partial charge in [-0.15, -0.1) is 0 Å². The standard InChI is InChI=1S/C28H22N2O2.C24H25NO2.C20H28O2/c1-29-23-15-7-3-11-19(23)27(20-12-4-8-16-24(20)29)28(32-31-27)21-13-5-9-17-25(21)30(2)26-18-10-6-14-22(26)28;1-25-21-8-4-2-6-19(21)24(20-7-3-5-9-22(20)25)23(26-27-24)17-11-15-10-16(13-17)14-18(23)12-15;1-11-3-15-5-12(1)6-16(4-11)19(15)20(22-21-19)17-7-13-2-14(9-17)10-18(20)8-13/h3-18H,1-2H3;2-9,15-18H,10-14H2,1H3;11-18H,1-10H2. The van der Waals surface area contributed by atoms with Crippen LogP contribution < -0.4 is 14.7 Å². The highest BCUT2D eigenvalue weighted by atomic mass is 17.3. The zero-order valence-electron chi connectivity index (χ0n) is 47.2. The maximum Gasteiger partial charge on any atom is 0.198 e. The third kappa shape index (κ3) is 5.59. The predicted octanol–water partition coefficient (Wildman–Crippen LogP) is 15.5. The van der Waals surface area contributed by atoms with E-state index in [1.54, 1.807) is 0 Å². The molecule has 0 aromatic heterocycles. The van der Waals surface area contributed by atoms with E-state index in [4.69, 9.17) is 29.3 Å². The SMILES string of the molecule is C1C2CC3CC1CC(C2)C31OOC12C1CC3CC(C1)CC2C3.CN1c2ccccc2C2(OOC23C2CC4CC(C2)CC3C4)c2ccccc21.CN1c2ccccc2C2(OOC23c2ccccc2N(C)c2ccccc23)c2ccccc21. The summed E-state index contributed by atoms with van der Waals surface area (Å²) in [5.74, 6) is 10.6. The van der Waals surface area contributed by atoms with E-state index in [2.05, 4.69) is 181 Å². The van der Waals surface area contributed by atoms with Gasteiger partial charge in [-0.25, -0.2) is 29.3 Å². The van der Waals surface area contributed by atoms with Crippen LogP contribution in [-0.2, 0) is 46.1 Å². The van der Waals surface area contributed by atoms with Crippen molar-refractivity contribution in [2.24, 2.45) is 71.0 Å². The van der Waals surface area contributed by atoms with Gasteiger partial charge in [-0.05, 0) is 204 Å². The molecule has 0 unspecified atom stereocenters. The van der Waals surface area contributed by atoms with Gasteiger partial charge in [-0.1, -0.05) is 109 Å². The third-order valence-corrected chi connectivity index (χ3v) is 25.5. The fourth-order valence-electron chi connectivity index (χ4n) is 23.2. The number of hydrogen-bond acceptors (Lipinski definition) is 9. The highest BCUT2D eigenvalue weighted by Crippen LogP contribution is 2.77. The minimum Gasteiger partial charge on any atom is -0.344 e. The van der Waals surface area contributed by atoms with Crippen molar-refractivity contribution in [3.05, 3.63) is 179 Å². The Balaban J connectivity index is 0.0000000921. The largest absolute Gasteiger partial charge is 0.344 e. The maximum atomic E-state index is 6.36. The topological polar surface area (TPSA) is 65.1 Å². The second-order valence-corrected chi connectivity index (χ2v) is 28.6. The Hall–Kier alpha value is -5.52. The van der Waals surface area contributed by atoms with Crippen LogP contribution >= 0.6 is 0 Å². The van der Waals surface area contributed by atoms with Crippen LogP contribution in [0.2, 0.25) is 0 Å². The van der Waals surface area contributed by atoms with Gasteiger partial charge in [0.15, 0.2) is 16.8 Å². The summed E-state index contributed by atoms with van der Waals surface area (Å²) in [6.45, 7) is 0. The predicted molar refractivity (Wildman–Crippen MR) is 311 cm³/mol. The summed E-state index contributed by atoms with van der Waals surface area (Å²) in [7, 11) is 6.41. The molecule has 9 nitrogen and oxygen atoms in total. The summed E-state index contributed by atoms with van der Waals surface area (Å²) in [6.07, 6.45) is 21.5. The van der Waals surface area contributed by atoms with Crippen LogP contribution in [0.25, 0.3) is 0 Å². The van der Waals surface area contributed by atoms with Gasteiger partial charge in [0.25, 0.3) is 0 Å². The second kappa shape index (κ2) is 16.4. The van der Waals surface area contributed by atoms with Gasteiger partial charge in [0.2, 0.25) is 0 Å². The summed E-state index contributed by atoms with van der Waals surface area (Å²) in [5, 5.41) is 0. The van der Waals surface area contributed by atoms with E-state index in [-0.39, 0.29) is 16.8 Å². The Morgan fingerprint density at radius 3 is 0.654 bits per heavy atom. The number of rotatable bonds is 0. The van der Waals surface area contributed by atoms with Crippen LogP contribution in [0.4, 0.5) is 34.1 Å². The van der Waals surface area contributed by atoms with Crippen LogP contribution in [0.15, 0.2) is 146 Å². The quantitative estimate of drug-likeness (QED) is 0.138. The Labute approximate surface area is 477 Å². The van der Waals surface area contributed by atoms with Crippen molar-refractivity contribution in [1.29, 1.82) is 0 Å². The number of anilines is 6. The van der Waals surface area contributed by atoms with E-state index in [1.165, 1.54) is 119 Å². The number of nitrogens with zero attached hydrogens (tertiary/aromatic N) is 3. The lowest BCUT2D eigenvalue weighted by atomic mass is 9.37. The lowest BCUT2D eigenvalue weighted by Crippen LogP contribution is -2.84. The lowest BCUT2D eigenvalue weighted by Gasteiger charge is -2.76. The van der Waals surface area contributed by atoms with Crippen molar-refractivity contribution in [3.63, 3.8) is 0 Å². The Kier molecular flexibility index (Phi) is 9.72. The molecule has 0 N–H and O–H groups in total. The van der Waals surface area contributed by atoms with E-state index in [0.29, 0.717) is 11.8 Å². The van der Waals surface area contributed by atoms with Crippen LogP contribution in [0.3, 0.4) is 0 Å². The van der Waals surface area contributed by atoms with Crippen molar-refractivity contribution in [1.82, 2.24) is 0 Å². The fourth-order valence-corrected chi connectivity index (χ4v) is 23.2. The number of benzene rings is 6. The summed E-state index contributed by atoms with van der Waals surface area (Å²) in [5.41, 5.74) is 12.2. The highest BCUT2D eigenvalue weighted by Gasteiger charge is 2.82. The summed E-state index contributed by atoms with van der Waals surface area (Å²) >= 11 is 0. The molecule has 0 atom stereocenters. The molecule has 6 heterocycles. The molecule has 81 heavy (non-hydrogen) atoms. The molecular weight excluding hydrogens is 1000 g/mol. The van der Waals surface area contributed by atoms with Crippen LogP contribution in [-0.4, -0.2) is 37.9 Å². The molecule has 6 aromatic carbocycles. The molecule has 9 heteroatoms. The molecule has 24 rings (SSSR count). The van der Waals surface area contributed by atoms with Gasteiger partial charge in [-0.2, -0.15) is 0 Å². The Morgan fingerprint density at radius 1 is 0.247 bits per heavy atom. The first-order chi connectivity index (χ1) is 39.7. The Bertz CT molecular complexity index is 3210. The van der Waals surface area contributed by atoms with Crippen molar-refractivity contribution < 1.29 is 29.3 Å². The van der Waals surface area contributed by atoms with E-state index in [9.17, 15) is 0 Å². The minimum atomic E-state index is -0.805. The second-order valence-electron chi connectivity index (χ2n) is 28.6. The van der Waals surface area contributed by atoms with Gasteiger partial charge in [0, 0.05) is 88.6 Å². The van der Waals surface area contributed by atoms with Gasteiger partial charge < -0.3 is 14.7 Å². The van der Waals surface area contributed by atoms with E-state index in [0.717, 1.165) is 104 Å². The maximum absolute atomic E-state index is 6.36.